The molecule has 1 aromatic carbocycles. The van der Waals surface area contributed by atoms with Crippen LogP contribution in [0.4, 0.5) is 5.82 Å². The molecule has 1 saturated carbocycles. The molecule has 1 aliphatic carbocycles. The average Bonchev–Trinajstić information content (AvgIpc) is 2.76. The molecule has 0 radical (unpaired) electrons. The molecule has 2 N–H and O–H groups in total. The maximum atomic E-state index is 6.57. The van der Waals surface area contributed by atoms with Gasteiger partial charge in [0.05, 0.1) is 11.6 Å². The minimum absolute atomic E-state index is 0.0244. The van der Waals surface area contributed by atoms with E-state index >= 15 is 0 Å². The Balaban J connectivity index is 1.46. The topological polar surface area (TPSA) is 58.5 Å². The van der Waals surface area contributed by atoms with Gasteiger partial charge in [0, 0.05) is 55.7 Å². The van der Waals surface area contributed by atoms with Crippen molar-refractivity contribution in [3.63, 3.8) is 0 Å². The first-order valence-electron chi connectivity index (χ1n) is 11.3. The van der Waals surface area contributed by atoms with Gasteiger partial charge in [-0.1, -0.05) is 37.6 Å². The van der Waals surface area contributed by atoms with Crippen molar-refractivity contribution in [3.05, 3.63) is 46.6 Å². The van der Waals surface area contributed by atoms with Crippen molar-refractivity contribution in [2.75, 3.05) is 32.1 Å². The SMILES string of the molecule is COCCNC1CCC(Nc2cc(-c3ccc4c(c3)C(C)(C)CN=C4)c(Cl)cn2)CC1. The molecule has 0 bridgehead atoms. The Hall–Kier alpha value is -1.95. The zero-order valence-electron chi connectivity index (χ0n) is 18.7. The number of ether oxygens (including phenoxy) is 1. The number of benzene rings is 1. The number of aromatic nitrogens is 1. The lowest BCUT2D eigenvalue weighted by Crippen LogP contribution is -2.38. The molecule has 6 heteroatoms. The summed E-state index contributed by atoms with van der Waals surface area (Å²) in [5.74, 6) is 0.897. The number of hydrogen-bond acceptors (Lipinski definition) is 5. The van der Waals surface area contributed by atoms with Crippen molar-refractivity contribution >= 4 is 23.6 Å². The number of methoxy groups -OCH3 is 1. The first-order chi connectivity index (χ1) is 15.0. The van der Waals surface area contributed by atoms with Gasteiger partial charge in [0.1, 0.15) is 5.82 Å². The molecule has 1 fully saturated rings. The third-order valence-corrected chi connectivity index (χ3v) is 6.79. The minimum atomic E-state index is 0.0244. The van der Waals surface area contributed by atoms with Gasteiger partial charge in [-0.05, 0) is 54.5 Å². The summed E-state index contributed by atoms with van der Waals surface area (Å²) in [4.78, 5) is 9.07. The van der Waals surface area contributed by atoms with Crippen LogP contribution in [0.3, 0.4) is 0 Å². The molecule has 2 aromatic rings. The van der Waals surface area contributed by atoms with Gasteiger partial charge in [0.15, 0.2) is 0 Å². The zero-order chi connectivity index (χ0) is 21.8. The van der Waals surface area contributed by atoms with Gasteiger partial charge in [0.25, 0.3) is 0 Å². The molecule has 2 aliphatic rings. The second-order valence-electron chi connectivity index (χ2n) is 9.34. The number of aliphatic imine (C=N–C) groups is 1. The van der Waals surface area contributed by atoms with Gasteiger partial charge in [-0.15, -0.1) is 0 Å². The largest absolute Gasteiger partial charge is 0.383 e. The Morgan fingerprint density at radius 3 is 2.68 bits per heavy atom. The lowest BCUT2D eigenvalue weighted by molar-refractivity contribution is 0.191. The third kappa shape index (κ3) is 5.28. The molecule has 2 heterocycles. The van der Waals surface area contributed by atoms with Crippen molar-refractivity contribution in [2.24, 2.45) is 4.99 Å². The third-order valence-electron chi connectivity index (χ3n) is 6.48. The summed E-state index contributed by atoms with van der Waals surface area (Å²) in [6, 6.07) is 9.68. The Bertz CT molecular complexity index is 935. The molecule has 0 atom stereocenters. The Labute approximate surface area is 190 Å². The zero-order valence-corrected chi connectivity index (χ0v) is 19.5. The number of hydrogen-bond donors (Lipinski definition) is 2. The van der Waals surface area contributed by atoms with E-state index in [0.29, 0.717) is 17.1 Å². The van der Waals surface area contributed by atoms with Crippen LogP contribution in [-0.2, 0) is 10.2 Å². The van der Waals surface area contributed by atoms with E-state index in [1.165, 1.54) is 24.0 Å². The minimum Gasteiger partial charge on any atom is -0.383 e. The highest BCUT2D eigenvalue weighted by atomic mass is 35.5. The standard InChI is InChI=1S/C25H33ClN4O/c1-25(2)16-27-14-18-5-4-17(12-22(18)25)21-13-24(29-15-23(21)26)30-20-8-6-19(7-9-20)28-10-11-31-3/h4-5,12-15,19-20,28H,6-11,16H2,1-3H3,(H,29,30). The second-order valence-corrected chi connectivity index (χ2v) is 9.75. The van der Waals surface area contributed by atoms with Gasteiger partial charge in [-0.2, -0.15) is 0 Å². The number of halogens is 1. The van der Waals surface area contributed by atoms with Crippen LogP contribution in [-0.4, -0.2) is 50.1 Å². The fraction of sp³-hybridized carbons (Fsp3) is 0.520. The summed E-state index contributed by atoms with van der Waals surface area (Å²) in [6.45, 7) is 6.98. The summed E-state index contributed by atoms with van der Waals surface area (Å²) < 4.78 is 5.13. The molecule has 0 amide bonds. The predicted molar refractivity (Wildman–Crippen MR) is 130 cm³/mol. The molecule has 4 rings (SSSR count). The van der Waals surface area contributed by atoms with Gasteiger partial charge in [-0.25, -0.2) is 4.98 Å². The number of anilines is 1. The van der Waals surface area contributed by atoms with Crippen LogP contribution in [0.25, 0.3) is 11.1 Å². The van der Waals surface area contributed by atoms with Crippen molar-refractivity contribution in [3.8, 4) is 11.1 Å². The molecule has 0 spiro atoms. The predicted octanol–water partition coefficient (Wildman–Crippen LogP) is 5.07. The number of fused-ring (bicyclic) bond motifs is 1. The van der Waals surface area contributed by atoms with E-state index in [4.69, 9.17) is 16.3 Å². The quantitative estimate of drug-likeness (QED) is 0.590. The summed E-state index contributed by atoms with van der Waals surface area (Å²) in [5.41, 5.74) is 4.69. The monoisotopic (exact) mass is 440 g/mol. The average molecular weight is 441 g/mol. The normalized spacial score (nSPS) is 22.2. The van der Waals surface area contributed by atoms with Crippen LogP contribution in [0.1, 0.15) is 50.7 Å². The fourth-order valence-electron chi connectivity index (χ4n) is 4.63. The van der Waals surface area contributed by atoms with Gasteiger partial charge in [0.2, 0.25) is 0 Å². The molecule has 1 aliphatic heterocycles. The first kappa shape index (κ1) is 22.3. The Kier molecular flexibility index (Phi) is 6.95. The highest BCUT2D eigenvalue weighted by Crippen LogP contribution is 2.36. The van der Waals surface area contributed by atoms with Crippen LogP contribution in [0, 0.1) is 0 Å². The Morgan fingerprint density at radius 2 is 1.90 bits per heavy atom. The van der Waals surface area contributed by atoms with Gasteiger partial charge < -0.3 is 15.4 Å². The molecule has 1 aromatic heterocycles. The maximum Gasteiger partial charge on any atom is 0.126 e. The first-order valence-corrected chi connectivity index (χ1v) is 11.6. The van der Waals surface area contributed by atoms with E-state index in [2.05, 4.69) is 58.7 Å². The number of rotatable bonds is 7. The molecular weight excluding hydrogens is 408 g/mol. The van der Waals surface area contributed by atoms with E-state index in [1.807, 2.05) is 6.21 Å². The van der Waals surface area contributed by atoms with Crippen LogP contribution < -0.4 is 10.6 Å². The highest BCUT2D eigenvalue weighted by molar-refractivity contribution is 6.33. The second kappa shape index (κ2) is 9.68. The van der Waals surface area contributed by atoms with Crippen LogP contribution >= 0.6 is 11.6 Å². The summed E-state index contributed by atoms with van der Waals surface area (Å²) in [7, 11) is 1.75. The number of nitrogens with one attached hydrogen (secondary N) is 2. The maximum absolute atomic E-state index is 6.57. The highest BCUT2D eigenvalue weighted by Gasteiger charge is 2.26. The van der Waals surface area contributed by atoms with E-state index in [1.54, 1.807) is 13.3 Å². The van der Waals surface area contributed by atoms with E-state index in [9.17, 15) is 0 Å². The lowest BCUT2D eigenvalue weighted by Gasteiger charge is -2.30. The smallest absolute Gasteiger partial charge is 0.126 e. The van der Waals surface area contributed by atoms with Crippen molar-refractivity contribution < 1.29 is 4.74 Å². The molecule has 31 heavy (non-hydrogen) atoms. The van der Waals surface area contributed by atoms with Crippen LogP contribution in [0.2, 0.25) is 5.02 Å². The van der Waals surface area contributed by atoms with Crippen molar-refractivity contribution in [2.45, 2.75) is 57.0 Å². The summed E-state index contributed by atoms with van der Waals surface area (Å²) >= 11 is 6.57. The van der Waals surface area contributed by atoms with Crippen molar-refractivity contribution in [1.82, 2.24) is 10.3 Å². The molecule has 5 nitrogen and oxygen atoms in total. The molecule has 166 valence electrons. The van der Waals surface area contributed by atoms with E-state index < -0.39 is 0 Å². The van der Waals surface area contributed by atoms with Gasteiger partial charge in [-0.3, -0.25) is 4.99 Å². The van der Waals surface area contributed by atoms with E-state index in [0.717, 1.165) is 49.5 Å². The fourth-order valence-corrected chi connectivity index (χ4v) is 4.85. The molecular formula is C25H33ClN4O. The lowest BCUT2D eigenvalue weighted by atomic mass is 9.79. The summed E-state index contributed by atoms with van der Waals surface area (Å²) in [5, 5.41) is 7.90. The van der Waals surface area contributed by atoms with Crippen molar-refractivity contribution in [1.29, 1.82) is 0 Å². The Morgan fingerprint density at radius 1 is 1.13 bits per heavy atom. The number of nitrogens with zero attached hydrogens (tertiary/aromatic N) is 2. The van der Waals surface area contributed by atoms with E-state index in [-0.39, 0.29) is 5.41 Å². The summed E-state index contributed by atoms with van der Waals surface area (Å²) in [6.07, 6.45) is 8.36. The van der Waals surface area contributed by atoms with Gasteiger partial charge >= 0.3 is 0 Å². The van der Waals surface area contributed by atoms with Crippen LogP contribution in [0.5, 0.6) is 0 Å². The molecule has 0 unspecified atom stereocenters. The van der Waals surface area contributed by atoms with Crippen LogP contribution in [0.15, 0.2) is 35.5 Å². The molecule has 0 saturated heterocycles. The number of pyridine rings is 1.